The Morgan fingerprint density at radius 2 is 2.25 bits per heavy atom. The third-order valence-corrected chi connectivity index (χ3v) is 1.67. The van der Waals surface area contributed by atoms with Crippen LogP contribution < -0.4 is 5.73 Å². The Bertz CT molecular complexity index is 209. The van der Waals surface area contributed by atoms with Gasteiger partial charge < -0.3 is 5.73 Å². The number of aromatic nitrogens is 3. The topological polar surface area (TPSA) is 56.7 Å². The van der Waals surface area contributed by atoms with Gasteiger partial charge in [0.25, 0.3) is 0 Å². The van der Waals surface area contributed by atoms with E-state index in [1.165, 1.54) is 0 Å². The van der Waals surface area contributed by atoms with Gasteiger partial charge >= 0.3 is 0 Å². The van der Waals surface area contributed by atoms with Gasteiger partial charge in [0.15, 0.2) is 0 Å². The fourth-order valence-electron chi connectivity index (χ4n) is 1.04. The third-order valence-electron chi connectivity index (χ3n) is 1.67. The molecule has 1 rings (SSSR count). The molecule has 0 aliphatic carbocycles. The van der Waals surface area contributed by atoms with Gasteiger partial charge in [0.1, 0.15) is 12.7 Å². The van der Waals surface area contributed by atoms with E-state index in [9.17, 15) is 0 Å². The lowest BCUT2D eigenvalue weighted by atomic mass is 10.0. The fourth-order valence-corrected chi connectivity index (χ4v) is 1.04. The molecule has 68 valence electrons. The zero-order valence-corrected chi connectivity index (χ0v) is 7.70. The molecule has 0 aliphatic heterocycles. The second kappa shape index (κ2) is 3.67. The standard InChI is InChI=1S/C8H16N4/c1-8(2,9)4-3-5-12-7-10-6-11-12/h6-7H,3-5,9H2,1-2H3. The number of hydrogen-bond donors (Lipinski definition) is 1. The lowest BCUT2D eigenvalue weighted by molar-refractivity contribution is 0.427. The summed E-state index contributed by atoms with van der Waals surface area (Å²) in [6.07, 6.45) is 5.33. The van der Waals surface area contributed by atoms with Crippen molar-refractivity contribution in [2.45, 2.75) is 38.8 Å². The van der Waals surface area contributed by atoms with E-state index >= 15 is 0 Å². The summed E-state index contributed by atoms with van der Waals surface area (Å²) in [6, 6.07) is 0. The highest BCUT2D eigenvalue weighted by molar-refractivity contribution is 4.71. The third kappa shape index (κ3) is 3.48. The highest BCUT2D eigenvalue weighted by Gasteiger charge is 2.09. The van der Waals surface area contributed by atoms with Crippen LogP contribution in [0.3, 0.4) is 0 Å². The number of nitrogens with two attached hydrogens (primary N) is 1. The Morgan fingerprint density at radius 3 is 2.75 bits per heavy atom. The van der Waals surface area contributed by atoms with Crippen molar-refractivity contribution in [3.05, 3.63) is 12.7 Å². The van der Waals surface area contributed by atoms with Crippen LogP contribution in [0, 0.1) is 0 Å². The van der Waals surface area contributed by atoms with Gasteiger partial charge in [-0.3, -0.25) is 4.68 Å². The van der Waals surface area contributed by atoms with E-state index in [1.807, 2.05) is 18.5 Å². The minimum Gasteiger partial charge on any atom is -0.326 e. The van der Waals surface area contributed by atoms with Crippen molar-refractivity contribution in [1.82, 2.24) is 14.8 Å². The molecule has 12 heavy (non-hydrogen) atoms. The van der Waals surface area contributed by atoms with E-state index in [0.29, 0.717) is 0 Å². The minimum atomic E-state index is -0.0689. The Labute approximate surface area is 72.8 Å². The molecule has 0 saturated carbocycles. The summed E-state index contributed by atoms with van der Waals surface area (Å²) in [5.74, 6) is 0. The molecule has 1 aromatic rings. The first-order valence-electron chi connectivity index (χ1n) is 4.19. The first-order valence-corrected chi connectivity index (χ1v) is 4.19. The van der Waals surface area contributed by atoms with Crippen LogP contribution in [0.5, 0.6) is 0 Å². The van der Waals surface area contributed by atoms with Gasteiger partial charge in [-0.2, -0.15) is 5.10 Å². The number of aryl methyl sites for hydroxylation is 1. The molecule has 0 radical (unpaired) electrons. The van der Waals surface area contributed by atoms with Crippen molar-refractivity contribution >= 4 is 0 Å². The SMILES string of the molecule is CC(C)(N)CCCn1cncn1. The van der Waals surface area contributed by atoms with Gasteiger partial charge in [-0.25, -0.2) is 4.98 Å². The van der Waals surface area contributed by atoms with E-state index in [4.69, 9.17) is 5.73 Å². The second-order valence-corrected chi connectivity index (χ2v) is 3.75. The molecule has 1 aromatic heterocycles. The van der Waals surface area contributed by atoms with Gasteiger partial charge in [0.05, 0.1) is 0 Å². The van der Waals surface area contributed by atoms with Crippen LogP contribution in [0.1, 0.15) is 26.7 Å². The Balaban J connectivity index is 2.20. The normalized spacial score (nSPS) is 11.9. The maximum Gasteiger partial charge on any atom is 0.137 e. The number of rotatable bonds is 4. The van der Waals surface area contributed by atoms with Gasteiger partial charge in [-0.15, -0.1) is 0 Å². The van der Waals surface area contributed by atoms with E-state index in [1.54, 1.807) is 12.7 Å². The highest BCUT2D eigenvalue weighted by Crippen LogP contribution is 2.07. The maximum absolute atomic E-state index is 5.83. The molecule has 0 aliphatic rings. The highest BCUT2D eigenvalue weighted by atomic mass is 15.3. The quantitative estimate of drug-likeness (QED) is 0.723. The maximum atomic E-state index is 5.83. The molecule has 0 fully saturated rings. The van der Waals surface area contributed by atoms with Crippen molar-refractivity contribution in [3.63, 3.8) is 0 Å². The van der Waals surface area contributed by atoms with Gasteiger partial charge in [0, 0.05) is 12.1 Å². The Kier molecular flexibility index (Phi) is 2.81. The lowest BCUT2D eigenvalue weighted by Crippen LogP contribution is -2.31. The average Bonchev–Trinajstić information content (AvgIpc) is 2.36. The van der Waals surface area contributed by atoms with Crippen LogP contribution in [0.2, 0.25) is 0 Å². The van der Waals surface area contributed by atoms with Crippen molar-refractivity contribution in [2.75, 3.05) is 0 Å². The Morgan fingerprint density at radius 1 is 1.50 bits per heavy atom. The first kappa shape index (κ1) is 9.19. The van der Waals surface area contributed by atoms with Crippen molar-refractivity contribution in [2.24, 2.45) is 5.73 Å². The average molecular weight is 168 g/mol. The van der Waals surface area contributed by atoms with Crippen LogP contribution in [0.4, 0.5) is 0 Å². The molecule has 2 N–H and O–H groups in total. The first-order chi connectivity index (χ1) is 5.58. The zero-order chi connectivity index (χ0) is 9.03. The molecule has 1 heterocycles. The van der Waals surface area contributed by atoms with Crippen LogP contribution in [0.15, 0.2) is 12.7 Å². The van der Waals surface area contributed by atoms with E-state index in [0.717, 1.165) is 19.4 Å². The molecule has 4 nitrogen and oxygen atoms in total. The molecule has 0 aromatic carbocycles. The molecule has 0 saturated heterocycles. The monoisotopic (exact) mass is 168 g/mol. The van der Waals surface area contributed by atoms with Crippen molar-refractivity contribution < 1.29 is 0 Å². The summed E-state index contributed by atoms with van der Waals surface area (Å²) < 4.78 is 1.83. The lowest BCUT2D eigenvalue weighted by Gasteiger charge is -2.17. The predicted molar refractivity (Wildman–Crippen MR) is 47.5 cm³/mol. The molecule has 0 amide bonds. The molecule has 0 spiro atoms. The smallest absolute Gasteiger partial charge is 0.137 e. The summed E-state index contributed by atoms with van der Waals surface area (Å²) in [6.45, 7) is 4.98. The molecular formula is C8H16N4. The number of nitrogens with zero attached hydrogens (tertiary/aromatic N) is 3. The van der Waals surface area contributed by atoms with Crippen LogP contribution in [-0.4, -0.2) is 20.3 Å². The number of hydrogen-bond acceptors (Lipinski definition) is 3. The van der Waals surface area contributed by atoms with Crippen molar-refractivity contribution in [3.8, 4) is 0 Å². The summed E-state index contributed by atoms with van der Waals surface area (Å²) in [5.41, 5.74) is 5.76. The summed E-state index contributed by atoms with van der Waals surface area (Å²) in [7, 11) is 0. The van der Waals surface area contributed by atoms with Gasteiger partial charge in [-0.05, 0) is 26.7 Å². The summed E-state index contributed by atoms with van der Waals surface area (Å²) in [5, 5.41) is 4.00. The van der Waals surface area contributed by atoms with E-state index in [2.05, 4.69) is 10.1 Å². The van der Waals surface area contributed by atoms with Crippen molar-refractivity contribution in [1.29, 1.82) is 0 Å². The Hall–Kier alpha value is -0.900. The van der Waals surface area contributed by atoms with Crippen LogP contribution >= 0.6 is 0 Å². The molecule has 0 atom stereocenters. The van der Waals surface area contributed by atoms with E-state index < -0.39 is 0 Å². The van der Waals surface area contributed by atoms with Gasteiger partial charge in [0.2, 0.25) is 0 Å². The van der Waals surface area contributed by atoms with Crippen LogP contribution in [-0.2, 0) is 6.54 Å². The minimum absolute atomic E-state index is 0.0689. The fraction of sp³-hybridized carbons (Fsp3) is 0.750. The summed E-state index contributed by atoms with van der Waals surface area (Å²) >= 11 is 0. The summed E-state index contributed by atoms with van der Waals surface area (Å²) in [4.78, 5) is 3.86. The molecule has 0 unspecified atom stereocenters. The zero-order valence-electron chi connectivity index (χ0n) is 7.70. The second-order valence-electron chi connectivity index (χ2n) is 3.75. The molecule has 0 bridgehead atoms. The predicted octanol–water partition coefficient (Wildman–Crippen LogP) is 0.796. The molecule has 4 heteroatoms. The largest absolute Gasteiger partial charge is 0.326 e. The van der Waals surface area contributed by atoms with Crippen LogP contribution in [0.25, 0.3) is 0 Å². The van der Waals surface area contributed by atoms with Gasteiger partial charge in [-0.1, -0.05) is 0 Å². The molecular weight excluding hydrogens is 152 g/mol. The van der Waals surface area contributed by atoms with E-state index in [-0.39, 0.29) is 5.54 Å².